The third-order valence-electron chi connectivity index (χ3n) is 18.5. The number of furan rings is 1. The van der Waals surface area contributed by atoms with Gasteiger partial charge in [-0.05, 0) is 188 Å². The van der Waals surface area contributed by atoms with Gasteiger partial charge < -0.3 is 9.32 Å². The molecule has 0 radical (unpaired) electrons. The van der Waals surface area contributed by atoms with Gasteiger partial charge in [-0.2, -0.15) is 0 Å². The van der Waals surface area contributed by atoms with Crippen molar-refractivity contribution in [3.63, 3.8) is 0 Å². The van der Waals surface area contributed by atoms with E-state index in [1.807, 2.05) is 0 Å². The molecule has 0 fully saturated rings. The normalized spacial score (nSPS) is 20.4. The Hall–Kier alpha value is -5.80. The summed E-state index contributed by atoms with van der Waals surface area (Å²) in [4.78, 5) is 2.76. The lowest BCUT2D eigenvalue weighted by atomic mass is 9.31. The standard InChI is InChI=1S/C68H74BNO/c1-41-24-29-58-49(34-41)62-63(71-58)60(48-27-25-46(35-42(48)2)64(3,4)5)50-36-45(59(43-20-16-14-17-21-43)44-22-18-15-19-23-44)37-57-61(50)69(62)55-39-53-54(68(12,13)33-32-67(53,10)11)40-56(55)70(57)47-26-28-51-52(38-47)66(8,9)31-30-65(51,6)7/h14-18,20-22,24-29,34-40,59-60H,19,23,30-33H2,1-13H3. The summed E-state index contributed by atoms with van der Waals surface area (Å²) in [6, 6.07) is 43.9. The number of rotatable bonds is 5. The van der Waals surface area contributed by atoms with Gasteiger partial charge in [0.05, 0.1) is 5.92 Å². The van der Waals surface area contributed by atoms with E-state index in [-0.39, 0.29) is 45.6 Å². The number of anilines is 3. The predicted octanol–water partition coefficient (Wildman–Crippen LogP) is 16.2. The monoisotopic (exact) mass is 932 g/mol. The Morgan fingerprint density at radius 3 is 1.96 bits per heavy atom. The van der Waals surface area contributed by atoms with Crippen molar-refractivity contribution in [1.82, 2.24) is 0 Å². The molecule has 0 amide bonds. The third kappa shape index (κ3) is 7.24. The summed E-state index contributed by atoms with van der Waals surface area (Å²) in [6.45, 7) is 31.4. The predicted molar refractivity (Wildman–Crippen MR) is 303 cm³/mol. The SMILES string of the molecule is Cc1ccc2oc3c(c2c1)B1c2cc4c(cc2N(c2ccc5c(c2)C(C)(C)CCC5(C)C)c2cc(C(C5=CC=CCC5)c5ccccc5)cc(c21)C3c1ccc(C(C)(C)C)cc1C)C(C)(C)CCC4(C)C. The first-order valence-electron chi connectivity index (χ1n) is 27.0. The van der Waals surface area contributed by atoms with Gasteiger partial charge in [0.1, 0.15) is 11.3 Å². The fourth-order valence-electron chi connectivity index (χ4n) is 14.0. The maximum absolute atomic E-state index is 7.50. The highest BCUT2D eigenvalue weighted by Gasteiger charge is 2.50. The maximum atomic E-state index is 7.50. The fourth-order valence-corrected chi connectivity index (χ4v) is 14.0. The van der Waals surface area contributed by atoms with Crippen LogP contribution in [-0.4, -0.2) is 6.71 Å². The van der Waals surface area contributed by atoms with Crippen molar-refractivity contribution in [2.45, 2.75) is 167 Å². The van der Waals surface area contributed by atoms with Crippen LogP contribution in [0.25, 0.3) is 11.0 Å². The van der Waals surface area contributed by atoms with E-state index < -0.39 is 0 Å². The van der Waals surface area contributed by atoms with Gasteiger partial charge in [0.15, 0.2) is 0 Å². The van der Waals surface area contributed by atoms with Gasteiger partial charge in [-0.15, -0.1) is 0 Å². The molecule has 7 aromatic rings. The van der Waals surface area contributed by atoms with Gasteiger partial charge in [-0.25, -0.2) is 0 Å². The van der Waals surface area contributed by atoms with E-state index in [1.54, 1.807) is 0 Å². The number of hydrogen-bond acceptors (Lipinski definition) is 2. The summed E-state index contributed by atoms with van der Waals surface area (Å²) in [5, 5.41) is 1.25. The summed E-state index contributed by atoms with van der Waals surface area (Å²) in [7, 11) is 0. The van der Waals surface area contributed by atoms with Gasteiger partial charge in [0, 0.05) is 28.4 Å². The minimum absolute atomic E-state index is 0.0253. The highest BCUT2D eigenvalue weighted by molar-refractivity contribution is 7.00. The lowest BCUT2D eigenvalue weighted by Gasteiger charge is -2.47. The van der Waals surface area contributed by atoms with Crippen molar-refractivity contribution in [2.75, 3.05) is 4.90 Å². The fraction of sp³-hybridized carbons (Fsp3) is 0.382. The zero-order valence-electron chi connectivity index (χ0n) is 45.0. The number of hydrogen-bond donors (Lipinski definition) is 0. The van der Waals surface area contributed by atoms with Gasteiger partial charge in [0.2, 0.25) is 0 Å². The molecule has 0 saturated carbocycles. The number of benzene rings is 6. The minimum atomic E-state index is -0.118. The summed E-state index contributed by atoms with van der Waals surface area (Å²) in [5.41, 5.74) is 26.1. The lowest BCUT2D eigenvalue weighted by Crippen LogP contribution is -2.62. The number of fused-ring (bicyclic) bond motifs is 8. The van der Waals surface area contributed by atoms with E-state index in [9.17, 15) is 0 Å². The second-order valence-corrected chi connectivity index (χ2v) is 26.2. The second-order valence-electron chi connectivity index (χ2n) is 26.2. The molecule has 71 heavy (non-hydrogen) atoms. The van der Waals surface area contributed by atoms with Gasteiger partial charge in [0.25, 0.3) is 6.71 Å². The van der Waals surface area contributed by atoms with E-state index in [0.29, 0.717) is 0 Å². The first-order chi connectivity index (χ1) is 33.6. The summed E-state index contributed by atoms with van der Waals surface area (Å²) >= 11 is 0. The second kappa shape index (κ2) is 15.9. The Morgan fingerprint density at radius 2 is 1.30 bits per heavy atom. The van der Waals surface area contributed by atoms with Crippen molar-refractivity contribution in [2.24, 2.45) is 0 Å². The summed E-state index contributed by atoms with van der Waals surface area (Å²) in [5.74, 6) is 1.07. The first kappa shape index (κ1) is 46.3. The Labute approximate surface area is 425 Å². The zero-order chi connectivity index (χ0) is 49.7. The number of nitrogens with zero attached hydrogens (tertiary/aromatic N) is 1. The molecule has 0 spiro atoms. The number of allylic oxidation sites excluding steroid dienone is 4. The molecule has 2 aliphatic heterocycles. The molecule has 0 bridgehead atoms. The molecule has 3 heterocycles. The van der Waals surface area contributed by atoms with Crippen molar-refractivity contribution >= 4 is 51.1 Å². The van der Waals surface area contributed by atoms with Crippen LogP contribution in [0.5, 0.6) is 0 Å². The average molecular weight is 932 g/mol. The lowest BCUT2D eigenvalue weighted by molar-refractivity contribution is 0.332. The molecule has 3 aliphatic carbocycles. The first-order valence-corrected chi connectivity index (χ1v) is 27.0. The molecule has 0 saturated heterocycles. The molecule has 5 aliphatic rings. The quantitative estimate of drug-likeness (QED) is 0.160. The minimum Gasteiger partial charge on any atom is -0.461 e. The van der Waals surface area contributed by atoms with E-state index in [4.69, 9.17) is 4.42 Å². The van der Waals surface area contributed by atoms with Crippen LogP contribution in [0.3, 0.4) is 0 Å². The van der Waals surface area contributed by atoms with Gasteiger partial charge in [-0.1, -0.05) is 178 Å². The molecule has 12 rings (SSSR count). The molecule has 6 aromatic carbocycles. The maximum Gasteiger partial charge on any atom is 0.252 e. The van der Waals surface area contributed by atoms with Crippen LogP contribution in [0, 0.1) is 13.8 Å². The molecule has 3 heteroatoms. The van der Waals surface area contributed by atoms with Crippen LogP contribution in [-0.2, 0) is 27.1 Å². The highest BCUT2D eigenvalue weighted by Crippen LogP contribution is 2.54. The molecule has 2 nitrogen and oxygen atoms in total. The summed E-state index contributed by atoms with van der Waals surface area (Å²) < 4.78 is 7.50. The van der Waals surface area contributed by atoms with Crippen molar-refractivity contribution < 1.29 is 4.42 Å². The van der Waals surface area contributed by atoms with Crippen LogP contribution in [0.2, 0.25) is 0 Å². The van der Waals surface area contributed by atoms with E-state index in [0.717, 1.165) is 37.0 Å². The average Bonchev–Trinajstić information content (AvgIpc) is 3.70. The largest absolute Gasteiger partial charge is 0.461 e. The van der Waals surface area contributed by atoms with Crippen LogP contribution in [0.1, 0.15) is 193 Å². The third-order valence-corrected chi connectivity index (χ3v) is 18.5. The Balaban J connectivity index is 1.26. The van der Waals surface area contributed by atoms with Crippen LogP contribution in [0.4, 0.5) is 17.1 Å². The van der Waals surface area contributed by atoms with Gasteiger partial charge in [-0.3, -0.25) is 0 Å². The van der Waals surface area contributed by atoms with Crippen LogP contribution < -0.4 is 21.3 Å². The Bertz CT molecular complexity index is 3400. The van der Waals surface area contributed by atoms with E-state index in [2.05, 4.69) is 222 Å². The molecular weight excluding hydrogens is 858 g/mol. The Kier molecular flexibility index (Phi) is 10.3. The van der Waals surface area contributed by atoms with Crippen molar-refractivity contribution in [1.29, 1.82) is 0 Å². The topological polar surface area (TPSA) is 16.4 Å². The summed E-state index contributed by atoms with van der Waals surface area (Å²) in [6.07, 6.45) is 13.8. The zero-order valence-corrected chi connectivity index (χ0v) is 45.0. The molecular formula is C68H74BNO. The molecule has 0 N–H and O–H groups in total. The van der Waals surface area contributed by atoms with Crippen molar-refractivity contribution in [3.8, 4) is 0 Å². The van der Waals surface area contributed by atoms with E-state index >= 15 is 0 Å². The molecule has 2 atom stereocenters. The molecule has 360 valence electrons. The Morgan fingerprint density at radius 1 is 0.620 bits per heavy atom. The molecule has 1 aromatic heterocycles. The smallest absolute Gasteiger partial charge is 0.252 e. The highest BCUT2D eigenvalue weighted by atomic mass is 16.3. The van der Waals surface area contributed by atoms with Gasteiger partial charge >= 0.3 is 0 Å². The van der Waals surface area contributed by atoms with Crippen LogP contribution >= 0.6 is 0 Å². The van der Waals surface area contributed by atoms with Crippen molar-refractivity contribution in [3.05, 3.63) is 200 Å². The van der Waals surface area contributed by atoms with Crippen LogP contribution in [0.15, 0.2) is 137 Å². The van der Waals surface area contributed by atoms with E-state index in [1.165, 1.54) is 118 Å². The molecule has 2 unspecified atom stereocenters. The number of aryl methyl sites for hydroxylation is 2.